The lowest BCUT2D eigenvalue weighted by atomic mass is 10.2. The third-order valence-corrected chi connectivity index (χ3v) is 2.97. The van der Waals surface area contributed by atoms with Crippen LogP contribution in [0.25, 0.3) is 5.69 Å². The Morgan fingerprint density at radius 1 is 1.33 bits per heavy atom. The standard InChI is InChI=1S/C15H14FN5/c1-10(2)19-8-11-3-4-14(12(16)5-11)21-9-20-13(6-17)15(21)7-18/h3-5,9-10,19H,8H2,1-2H3. The Bertz CT molecular complexity index is 733. The molecule has 5 nitrogen and oxygen atoms in total. The van der Waals surface area contributed by atoms with Gasteiger partial charge in [-0.15, -0.1) is 0 Å². The molecule has 0 fully saturated rings. The minimum absolute atomic E-state index is 0.0116. The number of imidazole rings is 1. The molecular weight excluding hydrogens is 269 g/mol. The maximum absolute atomic E-state index is 14.2. The zero-order chi connectivity index (χ0) is 15.4. The first kappa shape index (κ1) is 14.7. The van der Waals surface area contributed by atoms with Crippen LogP contribution in [0.4, 0.5) is 4.39 Å². The molecule has 106 valence electrons. The van der Waals surface area contributed by atoms with Gasteiger partial charge >= 0.3 is 0 Å². The second-order valence-corrected chi connectivity index (χ2v) is 4.86. The Morgan fingerprint density at radius 2 is 2.10 bits per heavy atom. The average molecular weight is 283 g/mol. The molecule has 1 N–H and O–H groups in total. The van der Waals surface area contributed by atoms with Gasteiger partial charge in [-0.3, -0.25) is 4.57 Å². The Kier molecular flexibility index (Phi) is 4.32. The molecule has 21 heavy (non-hydrogen) atoms. The number of halogens is 1. The first-order valence-electron chi connectivity index (χ1n) is 6.46. The molecular formula is C15H14FN5. The molecule has 0 bridgehead atoms. The summed E-state index contributed by atoms with van der Waals surface area (Å²) in [6.45, 7) is 4.59. The van der Waals surface area contributed by atoms with E-state index in [1.54, 1.807) is 12.1 Å². The Balaban J connectivity index is 2.36. The van der Waals surface area contributed by atoms with E-state index in [1.807, 2.05) is 26.0 Å². The van der Waals surface area contributed by atoms with Crippen molar-refractivity contribution < 1.29 is 4.39 Å². The summed E-state index contributed by atoms with van der Waals surface area (Å²) in [6.07, 6.45) is 1.28. The van der Waals surface area contributed by atoms with Crippen molar-refractivity contribution in [2.75, 3.05) is 0 Å². The van der Waals surface area contributed by atoms with Crippen molar-refractivity contribution in [3.63, 3.8) is 0 Å². The smallest absolute Gasteiger partial charge is 0.177 e. The molecule has 0 unspecified atom stereocenters. The van der Waals surface area contributed by atoms with E-state index in [9.17, 15) is 4.39 Å². The number of rotatable bonds is 4. The predicted octanol–water partition coefficient (Wildman–Crippen LogP) is 2.25. The first-order chi connectivity index (χ1) is 10.1. The lowest BCUT2D eigenvalue weighted by molar-refractivity contribution is 0.579. The number of nitriles is 2. The van der Waals surface area contributed by atoms with E-state index in [-0.39, 0.29) is 17.1 Å². The molecule has 0 aliphatic heterocycles. The molecule has 0 radical (unpaired) electrons. The molecule has 1 aromatic carbocycles. The highest BCUT2D eigenvalue weighted by molar-refractivity contribution is 5.45. The number of aromatic nitrogens is 2. The maximum atomic E-state index is 14.2. The highest BCUT2D eigenvalue weighted by Crippen LogP contribution is 2.19. The van der Waals surface area contributed by atoms with Crippen LogP contribution in [-0.2, 0) is 6.54 Å². The Morgan fingerprint density at radius 3 is 2.67 bits per heavy atom. The monoisotopic (exact) mass is 283 g/mol. The van der Waals surface area contributed by atoms with Crippen molar-refractivity contribution in [1.29, 1.82) is 10.5 Å². The van der Waals surface area contributed by atoms with Crippen LogP contribution < -0.4 is 5.32 Å². The number of nitrogens with zero attached hydrogens (tertiary/aromatic N) is 4. The molecule has 0 aliphatic carbocycles. The van der Waals surface area contributed by atoms with Crippen molar-refractivity contribution in [2.45, 2.75) is 26.4 Å². The summed E-state index contributed by atoms with van der Waals surface area (Å²) in [6, 6.07) is 8.77. The van der Waals surface area contributed by atoms with Gasteiger partial charge < -0.3 is 5.32 Å². The van der Waals surface area contributed by atoms with E-state index in [2.05, 4.69) is 10.3 Å². The van der Waals surface area contributed by atoms with Crippen LogP contribution in [-0.4, -0.2) is 15.6 Å². The second-order valence-electron chi connectivity index (χ2n) is 4.86. The maximum Gasteiger partial charge on any atom is 0.177 e. The fourth-order valence-corrected chi connectivity index (χ4v) is 1.90. The molecule has 0 amide bonds. The van der Waals surface area contributed by atoms with Gasteiger partial charge in [-0.1, -0.05) is 19.9 Å². The van der Waals surface area contributed by atoms with E-state index in [1.165, 1.54) is 17.0 Å². The number of benzene rings is 1. The van der Waals surface area contributed by atoms with Crippen LogP contribution in [0.2, 0.25) is 0 Å². The number of hydrogen-bond acceptors (Lipinski definition) is 4. The minimum atomic E-state index is -0.462. The largest absolute Gasteiger partial charge is 0.310 e. The minimum Gasteiger partial charge on any atom is -0.310 e. The van der Waals surface area contributed by atoms with E-state index >= 15 is 0 Å². The van der Waals surface area contributed by atoms with Gasteiger partial charge in [0, 0.05) is 12.6 Å². The zero-order valence-corrected chi connectivity index (χ0v) is 11.8. The van der Waals surface area contributed by atoms with Crippen molar-refractivity contribution >= 4 is 0 Å². The van der Waals surface area contributed by atoms with Crippen LogP contribution in [0.1, 0.15) is 30.8 Å². The van der Waals surface area contributed by atoms with Gasteiger partial charge in [-0.05, 0) is 17.7 Å². The molecule has 0 saturated heterocycles. The van der Waals surface area contributed by atoms with E-state index in [0.29, 0.717) is 12.6 Å². The molecule has 0 saturated carbocycles. The summed E-state index contributed by atoms with van der Waals surface area (Å²) in [5, 5.41) is 21.1. The van der Waals surface area contributed by atoms with E-state index in [0.717, 1.165) is 5.56 Å². The van der Waals surface area contributed by atoms with E-state index in [4.69, 9.17) is 10.5 Å². The summed E-state index contributed by atoms with van der Waals surface area (Å²) >= 11 is 0. The molecule has 0 atom stereocenters. The molecule has 2 aromatic rings. The quantitative estimate of drug-likeness (QED) is 0.933. The van der Waals surface area contributed by atoms with Crippen molar-refractivity contribution in [3.8, 4) is 17.8 Å². The SMILES string of the molecule is CC(C)NCc1ccc(-n2cnc(C#N)c2C#N)c(F)c1. The summed E-state index contributed by atoms with van der Waals surface area (Å²) < 4.78 is 15.5. The molecule has 0 aliphatic rings. The fourth-order valence-electron chi connectivity index (χ4n) is 1.90. The Hall–Kier alpha value is -2.70. The van der Waals surface area contributed by atoms with Crippen LogP contribution in [0.5, 0.6) is 0 Å². The Labute approximate surface area is 122 Å². The molecule has 1 aromatic heterocycles. The van der Waals surface area contributed by atoms with Crippen LogP contribution in [0, 0.1) is 28.5 Å². The van der Waals surface area contributed by atoms with Gasteiger partial charge in [0.25, 0.3) is 0 Å². The zero-order valence-electron chi connectivity index (χ0n) is 11.8. The lowest BCUT2D eigenvalue weighted by Gasteiger charge is -2.10. The molecule has 0 spiro atoms. The van der Waals surface area contributed by atoms with Crippen LogP contribution in [0.15, 0.2) is 24.5 Å². The summed E-state index contributed by atoms with van der Waals surface area (Å²) in [5.74, 6) is -0.462. The van der Waals surface area contributed by atoms with Gasteiger partial charge in [-0.2, -0.15) is 10.5 Å². The normalized spacial score (nSPS) is 10.4. The summed E-state index contributed by atoms with van der Waals surface area (Å²) in [4.78, 5) is 3.81. The fraction of sp³-hybridized carbons (Fsp3) is 0.267. The predicted molar refractivity (Wildman–Crippen MR) is 74.9 cm³/mol. The highest BCUT2D eigenvalue weighted by atomic mass is 19.1. The lowest BCUT2D eigenvalue weighted by Crippen LogP contribution is -2.21. The molecule has 6 heteroatoms. The summed E-state index contributed by atoms with van der Waals surface area (Å²) in [5.41, 5.74) is 1.03. The van der Waals surface area contributed by atoms with Gasteiger partial charge in [0.15, 0.2) is 11.4 Å². The first-order valence-corrected chi connectivity index (χ1v) is 6.46. The number of nitrogens with one attached hydrogen (secondary N) is 1. The third-order valence-electron chi connectivity index (χ3n) is 2.97. The van der Waals surface area contributed by atoms with Crippen LogP contribution >= 0.6 is 0 Å². The van der Waals surface area contributed by atoms with Gasteiger partial charge in [0.05, 0.1) is 5.69 Å². The molecule has 2 rings (SSSR count). The molecule has 1 heterocycles. The average Bonchev–Trinajstić information content (AvgIpc) is 2.87. The topological polar surface area (TPSA) is 77.4 Å². The van der Waals surface area contributed by atoms with Crippen LogP contribution in [0.3, 0.4) is 0 Å². The summed E-state index contributed by atoms with van der Waals surface area (Å²) in [7, 11) is 0. The van der Waals surface area contributed by atoms with Gasteiger partial charge in [-0.25, -0.2) is 9.37 Å². The number of hydrogen-bond donors (Lipinski definition) is 1. The van der Waals surface area contributed by atoms with Crippen molar-refractivity contribution in [1.82, 2.24) is 14.9 Å². The van der Waals surface area contributed by atoms with Crippen molar-refractivity contribution in [2.24, 2.45) is 0 Å². The van der Waals surface area contributed by atoms with Gasteiger partial charge in [0.2, 0.25) is 0 Å². The van der Waals surface area contributed by atoms with Gasteiger partial charge in [0.1, 0.15) is 24.3 Å². The van der Waals surface area contributed by atoms with Crippen molar-refractivity contribution in [3.05, 3.63) is 47.3 Å². The second kappa shape index (κ2) is 6.17. The highest BCUT2D eigenvalue weighted by Gasteiger charge is 2.14. The van der Waals surface area contributed by atoms with E-state index < -0.39 is 5.82 Å². The third kappa shape index (κ3) is 3.07.